The van der Waals surface area contributed by atoms with E-state index in [1.165, 1.54) is 14.0 Å². The predicted molar refractivity (Wildman–Crippen MR) is 185 cm³/mol. The van der Waals surface area contributed by atoms with Crippen molar-refractivity contribution < 1.29 is 42.5 Å². The van der Waals surface area contributed by atoms with E-state index < -0.39 is 35.7 Å². The first-order valence-corrected chi connectivity index (χ1v) is 17.6. The number of carbonyl (C=O) groups is 4. The zero-order valence-corrected chi connectivity index (χ0v) is 29.2. The number of nitrogens with zero attached hydrogens (tertiary/aromatic N) is 4. The molecule has 0 bridgehead atoms. The first-order chi connectivity index (χ1) is 24.5. The van der Waals surface area contributed by atoms with Gasteiger partial charge in [-0.25, -0.2) is 13.6 Å². The van der Waals surface area contributed by atoms with Gasteiger partial charge in [-0.3, -0.25) is 19.3 Å². The van der Waals surface area contributed by atoms with Crippen LogP contribution < -0.4 is 5.32 Å². The number of hydrogen-bond donors (Lipinski definition) is 2. The van der Waals surface area contributed by atoms with Gasteiger partial charge in [0.1, 0.15) is 17.8 Å². The Kier molecular flexibility index (Phi) is 13.0. The van der Waals surface area contributed by atoms with Crippen molar-refractivity contribution in [3.63, 3.8) is 0 Å². The van der Waals surface area contributed by atoms with Crippen molar-refractivity contribution in [2.75, 3.05) is 53.0 Å². The largest absolute Gasteiger partial charge is 0.465 e. The Balaban J connectivity index is 1.22. The summed E-state index contributed by atoms with van der Waals surface area (Å²) in [7, 11) is 1.31. The van der Waals surface area contributed by atoms with E-state index in [1.54, 1.807) is 20.4 Å². The zero-order chi connectivity index (χ0) is 36.5. The second kappa shape index (κ2) is 17.6. The number of amides is 4. The summed E-state index contributed by atoms with van der Waals surface area (Å²) in [6, 6.07) is 11.7. The number of halogens is 2. The number of hydrogen-bond acceptors (Lipinski definition) is 6. The molecule has 0 unspecified atom stereocenters. The Hall–Kier alpha value is -4.56. The van der Waals surface area contributed by atoms with Crippen molar-refractivity contribution >= 4 is 34.7 Å². The smallest absolute Gasteiger partial charge is 0.407 e. The molecule has 51 heavy (non-hydrogen) atoms. The van der Waals surface area contributed by atoms with Crippen molar-refractivity contribution in [1.29, 1.82) is 0 Å². The Morgan fingerprint density at radius 3 is 2.24 bits per heavy atom. The first-order valence-electron chi connectivity index (χ1n) is 17.6. The fourth-order valence-electron chi connectivity index (χ4n) is 6.77. The van der Waals surface area contributed by atoms with Crippen molar-refractivity contribution in [2.45, 2.75) is 64.3 Å². The second-order valence-electron chi connectivity index (χ2n) is 13.2. The molecule has 1 aromatic heterocycles. The van der Waals surface area contributed by atoms with E-state index in [0.29, 0.717) is 30.7 Å². The summed E-state index contributed by atoms with van der Waals surface area (Å²) in [5.74, 6) is -3.24. The highest BCUT2D eigenvalue weighted by Gasteiger charge is 2.37. The standard InChI is InChI=1S/C37H47F2N5O7/c1-25(41(2)37(48)49)34(45)40-33(27-11-7-4-8-12-27)36(47)43-15-13-42(14-16-43)35(46)32-22-28-21-29(38)30(39)23-31(28)44(32)17-18-50-19-20-51-24-26-9-5-3-6-10-26/h3,5-6,9-10,21-23,25,27,33H,4,7-8,11-20,24H2,1-2H3,(H,40,45)(H,48,49)/t25-,33+/m0/s1. The van der Waals surface area contributed by atoms with Crippen LogP contribution in [-0.2, 0) is 32.2 Å². The molecule has 2 fully saturated rings. The van der Waals surface area contributed by atoms with Gasteiger partial charge in [0.2, 0.25) is 11.8 Å². The summed E-state index contributed by atoms with van der Waals surface area (Å²) in [5, 5.41) is 12.6. The number of likely N-dealkylation sites (N-methyl/N-ethyl adjacent to an activating group) is 1. The van der Waals surface area contributed by atoms with E-state index in [4.69, 9.17) is 9.47 Å². The monoisotopic (exact) mass is 711 g/mol. The molecule has 2 heterocycles. The van der Waals surface area contributed by atoms with Crippen molar-refractivity contribution in [2.24, 2.45) is 5.92 Å². The van der Waals surface area contributed by atoms with Crippen LogP contribution in [0, 0.1) is 17.6 Å². The third kappa shape index (κ3) is 9.41. The summed E-state index contributed by atoms with van der Waals surface area (Å²) < 4.78 is 41.6. The minimum Gasteiger partial charge on any atom is -0.465 e. The molecular formula is C37H47F2N5O7. The number of aromatic nitrogens is 1. The molecule has 2 N–H and O–H groups in total. The van der Waals surface area contributed by atoms with E-state index >= 15 is 0 Å². The first kappa shape index (κ1) is 37.7. The molecule has 276 valence electrons. The molecule has 1 aliphatic heterocycles. The van der Waals surface area contributed by atoms with Crippen LogP contribution in [0.1, 0.15) is 55.1 Å². The highest BCUT2D eigenvalue weighted by Crippen LogP contribution is 2.29. The lowest BCUT2D eigenvalue weighted by Crippen LogP contribution is -2.59. The highest BCUT2D eigenvalue weighted by molar-refractivity contribution is 5.99. The van der Waals surface area contributed by atoms with Gasteiger partial charge in [0, 0.05) is 51.2 Å². The van der Waals surface area contributed by atoms with E-state index in [2.05, 4.69) is 5.32 Å². The zero-order valence-electron chi connectivity index (χ0n) is 29.2. The van der Waals surface area contributed by atoms with Crippen LogP contribution in [0.4, 0.5) is 13.6 Å². The molecule has 1 saturated carbocycles. The number of ether oxygens (including phenoxy) is 2. The molecule has 2 aromatic carbocycles. The maximum atomic E-state index is 14.4. The van der Waals surface area contributed by atoms with Crippen LogP contribution in [0.2, 0.25) is 0 Å². The lowest BCUT2D eigenvalue weighted by molar-refractivity contribution is -0.140. The van der Waals surface area contributed by atoms with Gasteiger partial charge in [-0.15, -0.1) is 0 Å². The van der Waals surface area contributed by atoms with Gasteiger partial charge >= 0.3 is 6.09 Å². The van der Waals surface area contributed by atoms with Crippen LogP contribution >= 0.6 is 0 Å². The van der Waals surface area contributed by atoms with Gasteiger partial charge in [0.25, 0.3) is 5.91 Å². The molecular weight excluding hydrogens is 664 g/mol. The molecule has 2 atom stereocenters. The predicted octanol–water partition coefficient (Wildman–Crippen LogP) is 4.50. The molecule has 12 nitrogen and oxygen atoms in total. The summed E-state index contributed by atoms with van der Waals surface area (Å²) in [4.78, 5) is 56.5. The van der Waals surface area contributed by atoms with E-state index in [1.807, 2.05) is 30.3 Å². The summed E-state index contributed by atoms with van der Waals surface area (Å²) in [6.07, 6.45) is 3.22. The lowest BCUT2D eigenvalue weighted by atomic mass is 9.83. The SMILES string of the molecule is C[C@@H](C(=O)N[C@@H](C(=O)N1CCN(C(=O)c2cc3cc(F)c(F)cc3n2CCOCCOCc2ccccc2)CC1)C1CCCCC1)N(C)C(=O)O. The summed E-state index contributed by atoms with van der Waals surface area (Å²) in [5.41, 5.74) is 1.66. The summed E-state index contributed by atoms with van der Waals surface area (Å²) in [6.45, 7) is 3.90. The van der Waals surface area contributed by atoms with Crippen molar-refractivity contribution in [3.8, 4) is 0 Å². The Bertz CT molecular complexity index is 1670. The number of carbonyl (C=O) groups excluding carboxylic acids is 3. The maximum Gasteiger partial charge on any atom is 0.407 e. The van der Waals surface area contributed by atoms with E-state index in [-0.39, 0.29) is 62.8 Å². The highest BCUT2D eigenvalue weighted by atomic mass is 19.2. The van der Waals surface area contributed by atoms with Gasteiger partial charge in [-0.05, 0) is 43.4 Å². The molecule has 4 amide bonds. The number of benzene rings is 2. The van der Waals surface area contributed by atoms with Gasteiger partial charge in [0.05, 0.1) is 31.9 Å². The minimum absolute atomic E-state index is 0.0775. The second-order valence-corrected chi connectivity index (χ2v) is 13.2. The fourth-order valence-corrected chi connectivity index (χ4v) is 6.77. The average molecular weight is 712 g/mol. The number of nitrogens with one attached hydrogen (secondary N) is 1. The normalized spacial score (nSPS) is 16.5. The average Bonchev–Trinajstić information content (AvgIpc) is 3.49. The third-order valence-electron chi connectivity index (χ3n) is 9.93. The minimum atomic E-state index is -1.25. The quantitative estimate of drug-likeness (QED) is 0.236. The van der Waals surface area contributed by atoms with Gasteiger partial charge in [-0.2, -0.15) is 0 Å². The number of carboxylic acid groups (broad SMARTS) is 1. The van der Waals surface area contributed by atoms with Crippen LogP contribution in [0.5, 0.6) is 0 Å². The molecule has 1 aliphatic carbocycles. The van der Waals surface area contributed by atoms with Gasteiger partial charge in [-0.1, -0.05) is 49.6 Å². The van der Waals surface area contributed by atoms with Gasteiger partial charge in [0.15, 0.2) is 11.6 Å². The Morgan fingerprint density at radius 1 is 0.902 bits per heavy atom. The fraction of sp³-hybridized carbons (Fsp3) is 0.514. The Labute approximate surface area is 296 Å². The summed E-state index contributed by atoms with van der Waals surface area (Å²) >= 11 is 0. The number of piperazine rings is 1. The molecule has 1 saturated heterocycles. The van der Waals surface area contributed by atoms with E-state index in [0.717, 1.165) is 54.7 Å². The van der Waals surface area contributed by atoms with Crippen LogP contribution in [0.25, 0.3) is 10.9 Å². The molecule has 0 radical (unpaired) electrons. The molecule has 3 aromatic rings. The number of fused-ring (bicyclic) bond motifs is 1. The Morgan fingerprint density at radius 2 is 1.55 bits per heavy atom. The maximum absolute atomic E-state index is 14.4. The number of rotatable bonds is 14. The van der Waals surface area contributed by atoms with Crippen molar-refractivity contribution in [1.82, 2.24) is 24.6 Å². The van der Waals surface area contributed by atoms with E-state index in [9.17, 15) is 33.1 Å². The molecule has 5 rings (SSSR count). The van der Waals surface area contributed by atoms with Gasteiger partial charge < -0.3 is 34.3 Å². The van der Waals surface area contributed by atoms with Crippen LogP contribution in [0.15, 0.2) is 48.5 Å². The lowest BCUT2D eigenvalue weighted by Gasteiger charge is -2.39. The molecule has 2 aliphatic rings. The van der Waals surface area contributed by atoms with Crippen molar-refractivity contribution in [3.05, 3.63) is 71.4 Å². The molecule has 14 heteroatoms. The third-order valence-corrected chi connectivity index (χ3v) is 9.93. The van der Waals surface area contributed by atoms with Crippen LogP contribution in [-0.4, -0.2) is 113 Å². The van der Waals surface area contributed by atoms with Crippen LogP contribution in [0.3, 0.4) is 0 Å². The molecule has 0 spiro atoms. The topological polar surface area (TPSA) is 134 Å².